The van der Waals surface area contributed by atoms with Gasteiger partial charge in [-0.05, 0) is 13.8 Å². The first-order chi connectivity index (χ1) is 5.04. The minimum Gasteiger partial charge on any atom is -0.462 e. The minimum absolute atomic E-state index is 0.128. The summed E-state index contributed by atoms with van der Waals surface area (Å²) in [6.07, 6.45) is -0.674. The van der Waals surface area contributed by atoms with Gasteiger partial charge in [-0.25, -0.2) is 9.18 Å². The predicted octanol–water partition coefficient (Wildman–Crippen LogP) is 1.85. The molecule has 2 nitrogen and oxygen atoms in total. The Morgan fingerprint density at radius 2 is 2.27 bits per heavy atom. The second-order valence-electron chi connectivity index (χ2n) is 2.49. The highest BCUT2D eigenvalue weighted by atomic mass is 19.1. The van der Waals surface area contributed by atoms with Gasteiger partial charge in [0.25, 0.3) is 0 Å². The monoisotopic (exact) mass is 160 g/mol. The molecule has 0 bridgehead atoms. The Kier molecular flexibility index (Phi) is 4.50. The van der Waals surface area contributed by atoms with Crippen LogP contribution >= 0.6 is 0 Å². The Morgan fingerprint density at radius 1 is 1.73 bits per heavy atom. The first kappa shape index (κ1) is 10.1. The summed E-state index contributed by atoms with van der Waals surface area (Å²) in [5.74, 6) is -0.453. The lowest BCUT2D eigenvalue weighted by Gasteiger charge is -2.03. The maximum absolute atomic E-state index is 12.1. The van der Waals surface area contributed by atoms with Crippen molar-refractivity contribution >= 4 is 5.97 Å². The van der Waals surface area contributed by atoms with E-state index in [0.29, 0.717) is 5.57 Å². The molecule has 0 aliphatic carbocycles. The topological polar surface area (TPSA) is 26.3 Å². The molecule has 0 rings (SSSR count). The van der Waals surface area contributed by atoms with Crippen molar-refractivity contribution in [3.8, 4) is 0 Å². The summed E-state index contributed by atoms with van der Waals surface area (Å²) in [6.45, 7) is 6.49. The second kappa shape index (κ2) is 4.88. The number of carbonyl (C=O) groups excluding carboxylic acids is 1. The summed E-state index contributed by atoms with van der Waals surface area (Å²) < 4.78 is 16.8. The van der Waals surface area contributed by atoms with Gasteiger partial charge in [0, 0.05) is 12.0 Å². The highest BCUT2D eigenvalue weighted by Gasteiger charge is 2.03. The van der Waals surface area contributed by atoms with E-state index in [1.54, 1.807) is 6.92 Å². The average molecular weight is 160 g/mol. The molecular weight excluding hydrogens is 147 g/mol. The van der Waals surface area contributed by atoms with E-state index in [9.17, 15) is 9.18 Å². The van der Waals surface area contributed by atoms with Crippen LogP contribution in [0.3, 0.4) is 0 Å². The highest BCUT2D eigenvalue weighted by molar-refractivity contribution is 5.86. The molecule has 0 spiro atoms. The van der Waals surface area contributed by atoms with Gasteiger partial charge in [0.15, 0.2) is 0 Å². The van der Waals surface area contributed by atoms with Crippen LogP contribution in [-0.2, 0) is 9.53 Å². The summed E-state index contributed by atoms with van der Waals surface area (Å²) in [6, 6.07) is 0. The molecule has 3 heteroatoms. The fraction of sp³-hybridized carbons (Fsp3) is 0.625. The van der Waals surface area contributed by atoms with E-state index in [4.69, 9.17) is 0 Å². The maximum Gasteiger partial charge on any atom is 0.333 e. The fourth-order valence-corrected chi connectivity index (χ4v) is 0.437. The first-order valence-electron chi connectivity index (χ1n) is 3.50. The summed E-state index contributed by atoms with van der Waals surface area (Å²) >= 11 is 0. The molecule has 0 aliphatic rings. The average Bonchev–Trinajstić information content (AvgIpc) is 1.86. The van der Waals surface area contributed by atoms with Crippen molar-refractivity contribution in [1.82, 2.24) is 0 Å². The molecule has 0 aliphatic heterocycles. The van der Waals surface area contributed by atoms with Gasteiger partial charge in [-0.2, -0.15) is 0 Å². The number of alkyl halides is 1. The van der Waals surface area contributed by atoms with E-state index in [1.807, 2.05) is 0 Å². The van der Waals surface area contributed by atoms with Gasteiger partial charge in [-0.3, -0.25) is 0 Å². The molecule has 0 aromatic heterocycles. The second-order valence-corrected chi connectivity index (χ2v) is 2.49. The van der Waals surface area contributed by atoms with Gasteiger partial charge in [-0.1, -0.05) is 6.58 Å². The van der Waals surface area contributed by atoms with Gasteiger partial charge in [0.05, 0.1) is 6.61 Å². The van der Waals surface area contributed by atoms with Crippen molar-refractivity contribution < 1.29 is 13.9 Å². The van der Waals surface area contributed by atoms with Crippen LogP contribution in [0, 0.1) is 0 Å². The van der Waals surface area contributed by atoms with Crippen molar-refractivity contribution in [2.45, 2.75) is 26.4 Å². The SMILES string of the molecule is C=C(C)C(=O)OCCC(C)F. The summed E-state index contributed by atoms with van der Waals surface area (Å²) in [7, 11) is 0. The Bertz CT molecular complexity index is 152. The predicted molar refractivity (Wildman–Crippen MR) is 41.0 cm³/mol. The third-order valence-corrected chi connectivity index (χ3v) is 1.10. The van der Waals surface area contributed by atoms with Crippen LogP contribution in [-0.4, -0.2) is 18.7 Å². The van der Waals surface area contributed by atoms with E-state index < -0.39 is 12.1 Å². The Labute approximate surface area is 66.0 Å². The minimum atomic E-state index is -0.923. The molecule has 11 heavy (non-hydrogen) atoms. The molecule has 0 fully saturated rings. The van der Waals surface area contributed by atoms with Crippen molar-refractivity contribution in [2.75, 3.05) is 6.61 Å². The van der Waals surface area contributed by atoms with Crippen LogP contribution in [0.5, 0.6) is 0 Å². The molecule has 0 aromatic rings. The third-order valence-electron chi connectivity index (χ3n) is 1.10. The van der Waals surface area contributed by atoms with Gasteiger partial charge >= 0.3 is 5.97 Å². The van der Waals surface area contributed by atoms with E-state index >= 15 is 0 Å². The van der Waals surface area contributed by atoms with Crippen LogP contribution in [0.25, 0.3) is 0 Å². The molecule has 0 aromatic carbocycles. The quantitative estimate of drug-likeness (QED) is 0.463. The molecule has 0 saturated carbocycles. The lowest BCUT2D eigenvalue weighted by atomic mass is 10.3. The van der Waals surface area contributed by atoms with E-state index in [1.165, 1.54) is 6.92 Å². The number of rotatable bonds is 4. The maximum atomic E-state index is 12.1. The van der Waals surface area contributed by atoms with E-state index in [2.05, 4.69) is 11.3 Å². The zero-order valence-electron chi connectivity index (χ0n) is 6.89. The molecule has 64 valence electrons. The van der Waals surface area contributed by atoms with Crippen molar-refractivity contribution in [1.29, 1.82) is 0 Å². The molecule has 0 N–H and O–H groups in total. The number of carbonyl (C=O) groups is 1. The molecule has 0 radical (unpaired) electrons. The molecule has 0 heterocycles. The number of ether oxygens (including phenoxy) is 1. The summed E-state index contributed by atoms with van der Waals surface area (Å²) in [4.78, 5) is 10.7. The van der Waals surface area contributed by atoms with Gasteiger partial charge in [0.1, 0.15) is 6.17 Å². The van der Waals surface area contributed by atoms with Crippen molar-refractivity contribution in [3.63, 3.8) is 0 Å². The van der Waals surface area contributed by atoms with Crippen LogP contribution < -0.4 is 0 Å². The standard InChI is InChI=1S/C8H13FO2/c1-6(2)8(10)11-5-4-7(3)9/h7H,1,4-5H2,2-3H3. The van der Waals surface area contributed by atoms with Crippen LogP contribution in [0.2, 0.25) is 0 Å². The first-order valence-corrected chi connectivity index (χ1v) is 3.50. The molecule has 1 unspecified atom stereocenters. The van der Waals surface area contributed by atoms with Crippen molar-refractivity contribution in [3.05, 3.63) is 12.2 Å². The molecular formula is C8H13FO2. The zero-order chi connectivity index (χ0) is 8.85. The summed E-state index contributed by atoms with van der Waals surface area (Å²) in [5.41, 5.74) is 0.344. The number of hydrogen-bond acceptors (Lipinski definition) is 2. The number of hydrogen-bond donors (Lipinski definition) is 0. The van der Waals surface area contributed by atoms with Crippen LogP contribution in [0.4, 0.5) is 4.39 Å². The number of esters is 1. The molecule has 0 amide bonds. The normalized spacial score (nSPS) is 12.3. The number of halogens is 1. The summed E-state index contributed by atoms with van der Waals surface area (Å²) in [5, 5.41) is 0. The smallest absolute Gasteiger partial charge is 0.333 e. The Morgan fingerprint density at radius 3 is 2.64 bits per heavy atom. The highest BCUT2D eigenvalue weighted by Crippen LogP contribution is 1.98. The van der Waals surface area contributed by atoms with Crippen LogP contribution in [0.15, 0.2) is 12.2 Å². The Balaban J connectivity index is 3.40. The van der Waals surface area contributed by atoms with E-state index in [-0.39, 0.29) is 13.0 Å². The Hall–Kier alpha value is -0.860. The van der Waals surface area contributed by atoms with E-state index in [0.717, 1.165) is 0 Å². The molecule has 0 saturated heterocycles. The lowest BCUT2D eigenvalue weighted by Crippen LogP contribution is -2.08. The zero-order valence-corrected chi connectivity index (χ0v) is 6.89. The molecule has 1 atom stereocenters. The largest absolute Gasteiger partial charge is 0.462 e. The van der Waals surface area contributed by atoms with Crippen LogP contribution in [0.1, 0.15) is 20.3 Å². The van der Waals surface area contributed by atoms with Crippen molar-refractivity contribution in [2.24, 2.45) is 0 Å². The van der Waals surface area contributed by atoms with Gasteiger partial charge < -0.3 is 4.74 Å². The van der Waals surface area contributed by atoms with Gasteiger partial charge in [-0.15, -0.1) is 0 Å². The van der Waals surface area contributed by atoms with Gasteiger partial charge in [0.2, 0.25) is 0 Å². The third kappa shape index (κ3) is 5.58. The fourth-order valence-electron chi connectivity index (χ4n) is 0.437. The lowest BCUT2D eigenvalue weighted by molar-refractivity contribution is -0.139.